The number of rotatable bonds is 2. The van der Waals surface area contributed by atoms with Gasteiger partial charge in [0, 0.05) is 29.5 Å². The molecule has 5 rings (SSSR count). The van der Waals surface area contributed by atoms with E-state index in [0.717, 1.165) is 37.2 Å². The number of thiocarbonyl (C=S) groups is 1. The molecule has 5 fully saturated rings. The molecule has 0 aromatic heterocycles. The molecule has 0 amide bonds. The summed E-state index contributed by atoms with van der Waals surface area (Å²) in [5.74, 6) is 1.86. The van der Waals surface area contributed by atoms with E-state index in [9.17, 15) is 4.79 Å². The van der Waals surface area contributed by atoms with Gasteiger partial charge in [-0.1, -0.05) is 33.1 Å². The van der Waals surface area contributed by atoms with Crippen LogP contribution in [0.5, 0.6) is 0 Å². The van der Waals surface area contributed by atoms with Crippen LogP contribution in [0, 0.1) is 28.1 Å². The van der Waals surface area contributed by atoms with Gasteiger partial charge in [-0.3, -0.25) is 4.79 Å². The molecule has 2 unspecified atom stereocenters. The van der Waals surface area contributed by atoms with Crippen molar-refractivity contribution in [3.8, 4) is 0 Å². The monoisotopic (exact) mass is 445 g/mol. The highest BCUT2D eigenvalue weighted by Crippen LogP contribution is 2.71. The summed E-state index contributed by atoms with van der Waals surface area (Å²) in [4.78, 5) is 12.9. The van der Waals surface area contributed by atoms with Crippen LogP contribution in [0.25, 0.3) is 0 Å². The van der Waals surface area contributed by atoms with Crippen LogP contribution < -0.4 is 16.4 Å². The summed E-state index contributed by atoms with van der Waals surface area (Å²) in [6, 6.07) is 0.520. The topological polar surface area (TPSA) is 67.2 Å². The van der Waals surface area contributed by atoms with E-state index in [1.54, 1.807) is 0 Å². The van der Waals surface area contributed by atoms with Crippen LogP contribution in [-0.2, 0) is 4.79 Å². The highest BCUT2D eigenvalue weighted by atomic mass is 32.1. The van der Waals surface area contributed by atoms with Crippen molar-refractivity contribution in [2.75, 3.05) is 0 Å². The Morgan fingerprint density at radius 1 is 0.968 bits per heavy atom. The van der Waals surface area contributed by atoms with Crippen LogP contribution >= 0.6 is 12.2 Å². The zero-order chi connectivity index (χ0) is 22.1. The normalized spacial score (nSPS) is 51.5. The Bertz CT molecular complexity index is 772. The van der Waals surface area contributed by atoms with Gasteiger partial charge in [0.15, 0.2) is 5.11 Å². The van der Waals surface area contributed by atoms with Crippen LogP contribution in [0.2, 0.25) is 0 Å². The summed E-state index contributed by atoms with van der Waals surface area (Å²) in [5, 5.41) is 8.24. The molecule has 31 heavy (non-hydrogen) atoms. The fourth-order valence-corrected chi connectivity index (χ4v) is 9.84. The largest absolute Gasteiger partial charge is 0.358 e. The molecular formula is C26H43N3OS. The number of hydrogen-bond acceptors (Lipinski definition) is 3. The second-order valence-electron chi connectivity index (χ2n) is 12.8. The fourth-order valence-electron chi connectivity index (χ4n) is 9.46. The maximum Gasteiger partial charge on any atom is 0.166 e. The molecule has 5 aliphatic carbocycles. The lowest BCUT2D eigenvalue weighted by molar-refractivity contribution is -0.136. The predicted octanol–water partition coefficient (Wildman–Crippen LogP) is 4.84. The Hall–Kier alpha value is -0.680. The van der Waals surface area contributed by atoms with Gasteiger partial charge in [-0.05, 0) is 99.6 Å². The Labute approximate surface area is 194 Å². The fraction of sp³-hybridized carbons (Fsp3) is 0.923. The summed E-state index contributed by atoms with van der Waals surface area (Å²) >= 11 is 5.84. The van der Waals surface area contributed by atoms with Gasteiger partial charge in [0.1, 0.15) is 5.78 Å². The van der Waals surface area contributed by atoms with Crippen molar-refractivity contribution in [1.82, 2.24) is 10.6 Å². The number of carbonyl (C=O) groups is 1. The Morgan fingerprint density at radius 2 is 1.71 bits per heavy atom. The molecule has 0 aliphatic heterocycles. The van der Waals surface area contributed by atoms with Gasteiger partial charge in [0.2, 0.25) is 0 Å². The standard InChI is InChI=1S/C26H43N3OS/c1-23-13-9-20-24(2)11-6-12-25(3,19(24)10-14-26(20,16-23)15-21(23)30)29-22(31)28-18-8-5-4-7-17(18)27/h17-20H,4-16,27H2,1-3H3,(H2,28,29,31)/t17-,18-,19?,20?,23-,24+,25+,26-/m0/s1. The van der Waals surface area contributed by atoms with Crippen molar-refractivity contribution in [1.29, 1.82) is 0 Å². The van der Waals surface area contributed by atoms with Crippen molar-refractivity contribution in [3.63, 3.8) is 0 Å². The van der Waals surface area contributed by atoms with Crippen molar-refractivity contribution in [3.05, 3.63) is 0 Å². The molecule has 0 aromatic rings. The minimum absolute atomic E-state index is 0.0276. The second-order valence-corrected chi connectivity index (χ2v) is 13.2. The van der Waals surface area contributed by atoms with Crippen LogP contribution in [-0.4, -0.2) is 28.5 Å². The zero-order valence-electron chi connectivity index (χ0n) is 19.9. The van der Waals surface area contributed by atoms with Crippen molar-refractivity contribution in [2.45, 2.75) is 122 Å². The third-order valence-electron chi connectivity index (χ3n) is 10.9. The van der Waals surface area contributed by atoms with E-state index in [-0.39, 0.29) is 22.4 Å². The van der Waals surface area contributed by atoms with Gasteiger partial charge in [-0.2, -0.15) is 0 Å². The zero-order valence-corrected chi connectivity index (χ0v) is 20.7. The van der Waals surface area contributed by atoms with Gasteiger partial charge < -0.3 is 16.4 Å². The maximum atomic E-state index is 12.9. The summed E-state index contributed by atoms with van der Waals surface area (Å²) in [6.07, 6.45) is 15.2. The van der Waals surface area contributed by atoms with Gasteiger partial charge in [0.05, 0.1) is 0 Å². The lowest BCUT2D eigenvalue weighted by Gasteiger charge is -2.64. The first kappa shape index (κ1) is 22.1. The van der Waals surface area contributed by atoms with Crippen molar-refractivity contribution < 1.29 is 4.79 Å². The molecule has 0 heterocycles. The minimum atomic E-state index is -0.0276. The molecule has 174 valence electrons. The third kappa shape index (κ3) is 3.39. The average molecular weight is 446 g/mol. The smallest absolute Gasteiger partial charge is 0.166 e. The van der Waals surface area contributed by atoms with Crippen LogP contribution in [0.4, 0.5) is 0 Å². The quantitative estimate of drug-likeness (QED) is 0.531. The summed E-state index contributed by atoms with van der Waals surface area (Å²) in [7, 11) is 0. The molecule has 4 nitrogen and oxygen atoms in total. The van der Waals surface area contributed by atoms with Crippen LogP contribution in [0.1, 0.15) is 104 Å². The predicted molar refractivity (Wildman–Crippen MR) is 130 cm³/mol. The minimum Gasteiger partial charge on any atom is -0.358 e. The Morgan fingerprint density at radius 3 is 2.48 bits per heavy atom. The molecule has 0 aromatic carbocycles. The Kier molecular flexibility index (Phi) is 5.29. The van der Waals surface area contributed by atoms with E-state index < -0.39 is 0 Å². The number of nitrogens with one attached hydrogen (secondary N) is 2. The molecule has 0 radical (unpaired) electrons. The number of ketones is 1. The molecule has 1 spiro atoms. The molecule has 5 saturated carbocycles. The first-order valence-corrected chi connectivity index (χ1v) is 13.4. The van der Waals surface area contributed by atoms with Gasteiger partial charge in [-0.15, -0.1) is 0 Å². The number of fused-ring (bicyclic) bond motifs is 3. The van der Waals surface area contributed by atoms with Gasteiger partial charge in [-0.25, -0.2) is 0 Å². The maximum absolute atomic E-state index is 12.9. The molecule has 8 atom stereocenters. The van der Waals surface area contributed by atoms with Crippen LogP contribution in [0.3, 0.4) is 0 Å². The lowest BCUT2D eigenvalue weighted by Crippen LogP contribution is -2.66. The molecule has 0 saturated heterocycles. The van der Waals surface area contributed by atoms with E-state index >= 15 is 0 Å². The van der Waals surface area contributed by atoms with E-state index in [1.807, 2.05) is 0 Å². The SMILES string of the molecule is C[C@@]12CCC3[C@@](CCC4[C@@]3(C)CCC[C@@]4(C)NC(=S)N[C@H]3CCCC[C@@H]3N)(CC1=O)C2. The number of carbonyl (C=O) groups excluding carboxylic acids is 1. The Balaban J connectivity index is 1.34. The molecule has 4 N–H and O–H groups in total. The highest BCUT2D eigenvalue weighted by Gasteiger charge is 2.67. The summed E-state index contributed by atoms with van der Waals surface area (Å²) < 4.78 is 0. The van der Waals surface area contributed by atoms with E-state index in [1.165, 1.54) is 51.4 Å². The number of Topliss-reactive ketones (excluding diaryl/α,β-unsaturated/α-hetero) is 1. The summed E-state index contributed by atoms with van der Waals surface area (Å²) in [6.45, 7) is 7.25. The third-order valence-corrected chi connectivity index (χ3v) is 11.1. The highest BCUT2D eigenvalue weighted by molar-refractivity contribution is 7.80. The van der Waals surface area contributed by atoms with Crippen LogP contribution in [0.15, 0.2) is 0 Å². The number of nitrogens with two attached hydrogens (primary N) is 1. The second kappa shape index (κ2) is 7.41. The average Bonchev–Trinajstić information content (AvgIpc) is 2.87. The molecule has 5 heteroatoms. The molecular weight excluding hydrogens is 402 g/mol. The van der Waals surface area contributed by atoms with Crippen molar-refractivity contribution >= 4 is 23.1 Å². The van der Waals surface area contributed by atoms with E-state index in [2.05, 4.69) is 31.4 Å². The first-order chi connectivity index (χ1) is 14.6. The first-order valence-electron chi connectivity index (χ1n) is 13.0. The molecule has 2 bridgehead atoms. The summed E-state index contributed by atoms with van der Waals surface area (Å²) in [5.41, 5.74) is 6.96. The number of hydrogen-bond donors (Lipinski definition) is 3. The van der Waals surface area contributed by atoms with Gasteiger partial charge in [0.25, 0.3) is 0 Å². The lowest BCUT2D eigenvalue weighted by atomic mass is 9.41. The van der Waals surface area contributed by atoms with Crippen molar-refractivity contribution in [2.24, 2.45) is 33.8 Å². The van der Waals surface area contributed by atoms with Gasteiger partial charge >= 0.3 is 0 Å². The van der Waals surface area contributed by atoms with E-state index in [4.69, 9.17) is 18.0 Å². The van der Waals surface area contributed by atoms with E-state index in [0.29, 0.717) is 29.1 Å². The molecule has 5 aliphatic rings.